The fraction of sp³-hybridized carbons (Fsp3) is 0.200. The van der Waals surface area contributed by atoms with Gasteiger partial charge < -0.3 is 14.8 Å². The number of benzene rings is 2. The number of hydrogen-bond acceptors (Lipinski definition) is 5. The van der Waals surface area contributed by atoms with E-state index in [-0.39, 0.29) is 5.69 Å². The normalized spacial score (nSPS) is 12.8. The van der Waals surface area contributed by atoms with Crippen LogP contribution in [0.15, 0.2) is 40.9 Å². The number of anilines is 1. The van der Waals surface area contributed by atoms with E-state index in [1.54, 1.807) is 12.1 Å². The summed E-state index contributed by atoms with van der Waals surface area (Å²) in [7, 11) is 0. The second kappa shape index (κ2) is 6.23. The Hall–Kier alpha value is -2.28. The second-order valence-electron chi connectivity index (χ2n) is 4.76. The number of hydrogen-bond donors (Lipinski definition) is 1. The summed E-state index contributed by atoms with van der Waals surface area (Å²) >= 11 is 3.48. The van der Waals surface area contributed by atoms with Crippen molar-refractivity contribution in [1.82, 2.24) is 0 Å². The maximum absolute atomic E-state index is 10.8. The van der Waals surface area contributed by atoms with Gasteiger partial charge in [-0.25, -0.2) is 0 Å². The molecule has 1 N–H and O–H groups in total. The number of fused-ring (bicyclic) bond motifs is 1. The van der Waals surface area contributed by atoms with Gasteiger partial charge in [-0.3, -0.25) is 10.1 Å². The Balaban J connectivity index is 1.76. The molecule has 0 atom stereocenters. The number of non-ortho nitro benzene ring substituents is 1. The minimum atomic E-state index is -0.399. The van der Waals surface area contributed by atoms with Crippen LogP contribution >= 0.6 is 15.9 Å². The van der Waals surface area contributed by atoms with E-state index in [9.17, 15) is 10.1 Å². The van der Waals surface area contributed by atoms with E-state index in [0.29, 0.717) is 31.3 Å². The van der Waals surface area contributed by atoms with Gasteiger partial charge in [-0.05, 0) is 21.5 Å². The zero-order valence-corrected chi connectivity index (χ0v) is 13.1. The summed E-state index contributed by atoms with van der Waals surface area (Å²) in [6.07, 6.45) is 0. The molecule has 22 heavy (non-hydrogen) atoms. The lowest BCUT2D eigenvalue weighted by molar-refractivity contribution is -0.384. The van der Waals surface area contributed by atoms with Crippen molar-refractivity contribution in [3.63, 3.8) is 0 Å². The Morgan fingerprint density at radius 3 is 2.64 bits per heavy atom. The molecule has 0 spiro atoms. The fourth-order valence-electron chi connectivity index (χ4n) is 2.18. The number of nitro groups is 1. The van der Waals surface area contributed by atoms with Gasteiger partial charge in [-0.1, -0.05) is 12.1 Å². The van der Waals surface area contributed by atoms with E-state index in [1.807, 2.05) is 18.2 Å². The zero-order chi connectivity index (χ0) is 15.5. The molecule has 1 heterocycles. The van der Waals surface area contributed by atoms with Crippen molar-refractivity contribution in [3.8, 4) is 11.5 Å². The molecule has 0 aliphatic carbocycles. The van der Waals surface area contributed by atoms with Gasteiger partial charge in [-0.2, -0.15) is 0 Å². The number of nitro benzene ring substituents is 1. The molecule has 0 saturated carbocycles. The predicted octanol–water partition coefficient (Wildman–Crippen LogP) is 3.74. The number of nitrogens with one attached hydrogen (secondary N) is 1. The van der Waals surface area contributed by atoms with E-state index in [0.717, 1.165) is 15.7 Å². The molecular weight excluding hydrogens is 352 g/mol. The summed E-state index contributed by atoms with van der Waals surface area (Å²) in [5, 5.41) is 14.0. The van der Waals surface area contributed by atoms with Crippen LogP contribution in [0.3, 0.4) is 0 Å². The molecule has 0 unspecified atom stereocenters. The van der Waals surface area contributed by atoms with Gasteiger partial charge in [-0.15, -0.1) is 0 Å². The van der Waals surface area contributed by atoms with Gasteiger partial charge in [0, 0.05) is 35.3 Å². The third kappa shape index (κ3) is 3.14. The highest BCUT2D eigenvalue weighted by Gasteiger charge is 2.15. The predicted molar refractivity (Wildman–Crippen MR) is 85.6 cm³/mol. The molecular formula is C15H13BrN2O4. The van der Waals surface area contributed by atoms with Crippen LogP contribution < -0.4 is 14.8 Å². The van der Waals surface area contributed by atoms with Gasteiger partial charge in [0.25, 0.3) is 5.69 Å². The summed E-state index contributed by atoms with van der Waals surface area (Å²) < 4.78 is 11.9. The Morgan fingerprint density at radius 1 is 1.18 bits per heavy atom. The molecule has 2 aromatic carbocycles. The Kier molecular flexibility index (Phi) is 4.15. The molecule has 2 aromatic rings. The molecule has 3 rings (SSSR count). The van der Waals surface area contributed by atoms with Gasteiger partial charge in [0.05, 0.1) is 10.6 Å². The highest BCUT2D eigenvalue weighted by atomic mass is 79.9. The molecule has 0 radical (unpaired) electrons. The maximum atomic E-state index is 10.8. The topological polar surface area (TPSA) is 73.6 Å². The quantitative estimate of drug-likeness (QED) is 0.660. The molecule has 114 valence electrons. The van der Waals surface area contributed by atoms with Crippen LogP contribution in [0.5, 0.6) is 11.5 Å². The molecule has 7 heteroatoms. The standard InChI is InChI=1S/C15H13BrN2O4/c16-12-7-14-15(22-5-4-21-14)8-13(12)17-9-10-2-1-3-11(6-10)18(19)20/h1-3,6-8,17H,4-5,9H2. The first-order chi connectivity index (χ1) is 10.6. The second-order valence-corrected chi connectivity index (χ2v) is 5.61. The van der Waals surface area contributed by atoms with Crippen molar-refractivity contribution < 1.29 is 14.4 Å². The largest absolute Gasteiger partial charge is 0.486 e. The minimum absolute atomic E-state index is 0.0838. The van der Waals surface area contributed by atoms with Gasteiger partial charge in [0.15, 0.2) is 11.5 Å². The summed E-state index contributed by atoms with van der Waals surface area (Å²) in [6.45, 7) is 1.54. The van der Waals surface area contributed by atoms with Crippen LogP contribution in [0.2, 0.25) is 0 Å². The molecule has 0 amide bonds. The SMILES string of the molecule is O=[N+]([O-])c1cccc(CNc2cc3c(cc2Br)OCCO3)c1. The van der Waals surface area contributed by atoms with Crippen LogP contribution in [0, 0.1) is 10.1 Å². The molecule has 0 aromatic heterocycles. The van der Waals surface area contributed by atoms with Crippen molar-refractivity contribution in [1.29, 1.82) is 0 Å². The van der Waals surface area contributed by atoms with Crippen molar-refractivity contribution in [2.75, 3.05) is 18.5 Å². The number of nitrogens with zero attached hydrogens (tertiary/aromatic N) is 1. The summed E-state index contributed by atoms with van der Waals surface area (Å²) in [5.41, 5.74) is 1.76. The van der Waals surface area contributed by atoms with E-state index < -0.39 is 4.92 Å². The van der Waals surface area contributed by atoms with Crippen molar-refractivity contribution in [2.24, 2.45) is 0 Å². The average Bonchev–Trinajstić information content (AvgIpc) is 2.53. The summed E-state index contributed by atoms with van der Waals surface area (Å²) in [4.78, 5) is 10.4. The van der Waals surface area contributed by atoms with Crippen molar-refractivity contribution in [2.45, 2.75) is 6.54 Å². The lowest BCUT2D eigenvalue weighted by Crippen LogP contribution is -2.15. The van der Waals surface area contributed by atoms with Crippen LogP contribution in [0.4, 0.5) is 11.4 Å². The first-order valence-corrected chi connectivity index (χ1v) is 7.49. The maximum Gasteiger partial charge on any atom is 0.269 e. The molecule has 1 aliphatic heterocycles. The highest BCUT2D eigenvalue weighted by Crippen LogP contribution is 2.38. The van der Waals surface area contributed by atoms with E-state index in [2.05, 4.69) is 21.2 Å². The van der Waals surface area contributed by atoms with Crippen LogP contribution in [0.25, 0.3) is 0 Å². The van der Waals surface area contributed by atoms with Crippen molar-refractivity contribution in [3.05, 3.63) is 56.5 Å². The Bertz CT molecular complexity index is 721. The van der Waals surface area contributed by atoms with Crippen LogP contribution in [0.1, 0.15) is 5.56 Å². The monoisotopic (exact) mass is 364 g/mol. The van der Waals surface area contributed by atoms with E-state index in [4.69, 9.17) is 9.47 Å². The molecule has 0 bridgehead atoms. The molecule has 0 saturated heterocycles. The van der Waals surface area contributed by atoms with Gasteiger partial charge in [0.2, 0.25) is 0 Å². The summed E-state index contributed by atoms with van der Waals surface area (Å²) in [5.74, 6) is 1.40. The number of rotatable bonds is 4. The van der Waals surface area contributed by atoms with E-state index >= 15 is 0 Å². The smallest absolute Gasteiger partial charge is 0.269 e. The fourth-order valence-corrected chi connectivity index (χ4v) is 2.64. The lowest BCUT2D eigenvalue weighted by Gasteiger charge is -2.20. The number of ether oxygens (including phenoxy) is 2. The first-order valence-electron chi connectivity index (χ1n) is 6.70. The highest BCUT2D eigenvalue weighted by molar-refractivity contribution is 9.10. The summed E-state index contributed by atoms with van der Waals surface area (Å²) in [6, 6.07) is 10.3. The lowest BCUT2D eigenvalue weighted by atomic mass is 10.2. The van der Waals surface area contributed by atoms with Gasteiger partial charge >= 0.3 is 0 Å². The molecule has 0 fully saturated rings. The molecule has 1 aliphatic rings. The average molecular weight is 365 g/mol. The molecule has 6 nitrogen and oxygen atoms in total. The van der Waals surface area contributed by atoms with Crippen LogP contribution in [-0.4, -0.2) is 18.1 Å². The zero-order valence-electron chi connectivity index (χ0n) is 11.5. The van der Waals surface area contributed by atoms with Crippen molar-refractivity contribution >= 4 is 27.3 Å². The Labute approximate surface area is 135 Å². The van der Waals surface area contributed by atoms with Gasteiger partial charge in [0.1, 0.15) is 13.2 Å². The number of halogens is 1. The third-order valence-electron chi connectivity index (χ3n) is 3.24. The minimum Gasteiger partial charge on any atom is -0.486 e. The van der Waals surface area contributed by atoms with E-state index in [1.165, 1.54) is 6.07 Å². The first kappa shape index (κ1) is 14.6. The van der Waals surface area contributed by atoms with Crippen LogP contribution in [-0.2, 0) is 6.54 Å². The third-order valence-corrected chi connectivity index (χ3v) is 3.89. The Morgan fingerprint density at radius 2 is 1.91 bits per heavy atom.